The van der Waals surface area contributed by atoms with Gasteiger partial charge >= 0.3 is 29.2 Å². The van der Waals surface area contributed by atoms with E-state index < -0.39 is 24.8 Å². The second kappa shape index (κ2) is 25.6. The predicted octanol–water partition coefficient (Wildman–Crippen LogP) is 5.15. The van der Waals surface area contributed by atoms with Gasteiger partial charge in [0.15, 0.2) is 0 Å². The molecule has 283 valence electrons. The van der Waals surface area contributed by atoms with Crippen LogP contribution in [0.2, 0.25) is 0 Å². The third-order valence-electron chi connectivity index (χ3n) is 7.29. The Balaban J connectivity index is 0.000000355. The van der Waals surface area contributed by atoms with Gasteiger partial charge in [-0.1, -0.05) is 133 Å². The van der Waals surface area contributed by atoms with Crippen molar-refractivity contribution in [2.45, 2.75) is 0 Å². The Morgan fingerprint density at radius 1 is 0.423 bits per heavy atom. The van der Waals surface area contributed by atoms with Crippen LogP contribution in [0, 0.1) is 36.9 Å². The Bertz CT molecular complexity index is 1540. The van der Waals surface area contributed by atoms with Crippen LogP contribution < -0.4 is 50.5 Å². The van der Waals surface area contributed by atoms with Gasteiger partial charge < -0.3 is 0 Å². The van der Waals surface area contributed by atoms with Gasteiger partial charge in [0.1, 0.15) is 0 Å². The largest absolute Gasteiger partial charge is 0.222 e. The first-order valence-corrected chi connectivity index (χ1v) is 25.3. The minimum atomic E-state index is -4.94. The van der Waals surface area contributed by atoms with Crippen molar-refractivity contribution in [2.24, 2.45) is 0 Å². The normalized spacial score (nSPS) is 10.6. The fraction of sp³-hybridized carbons (Fsp3) is 0.0244. The average molecular weight is 1160 g/mol. The van der Waals surface area contributed by atoms with Crippen molar-refractivity contribution in [1.82, 2.24) is 0 Å². The molecule has 4 nitrogen and oxygen atoms in total. The minimum Gasteiger partial charge on any atom is -0.222 e. The molecule has 0 N–H and O–H groups in total. The zero-order valence-electron chi connectivity index (χ0n) is 28.5. The van der Waals surface area contributed by atoms with Crippen LogP contribution in [0.1, 0.15) is 0 Å². The van der Waals surface area contributed by atoms with Gasteiger partial charge in [-0.3, -0.25) is 0 Å². The topological polar surface area (TPSA) is 92.2 Å². The summed E-state index contributed by atoms with van der Waals surface area (Å²) < 4.78 is 34.0. The van der Waals surface area contributed by atoms with Gasteiger partial charge in [0, 0.05) is 43.6 Å². The fourth-order valence-corrected chi connectivity index (χ4v) is 9.71. The number of rotatable bonds is 6. The maximum Gasteiger partial charge on any atom is -0.112 e. The monoisotopic (exact) mass is 1150 g/mol. The van der Waals surface area contributed by atoms with Crippen LogP contribution in [0.5, 0.6) is 0 Å². The molecule has 6 aromatic rings. The summed E-state index contributed by atoms with van der Waals surface area (Å²) in [5.41, 5.74) is 0. The summed E-state index contributed by atoms with van der Waals surface area (Å²) in [6.45, 7) is 19.5. The van der Waals surface area contributed by atoms with Crippen molar-refractivity contribution >= 4 is 63.5 Å². The molecular weight excluding hydrogens is 1110 g/mol. The SMILES string of the molecule is CP(c1ccccc1)c1ccccc1.[Au].[CH2-][P+]([CH2-])(c1ccccc1)c1ccccc1.[CH2-][P+]([CH2-])(c1ccccc1)c1ccccc1.[Cl][Au].[O-][Cl+3]([O-])([O-])[O-]. The van der Waals surface area contributed by atoms with Gasteiger partial charge in [-0.05, 0) is 73.7 Å². The molecule has 1 radical (unpaired) electrons. The molecule has 0 spiro atoms. The van der Waals surface area contributed by atoms with Crippen LogP contribution in [0.3, 0.4) is 0 Å². The van der Waals surface area contributed by atoms with Crippen molar-refractivity contribution in [1.29, 1.82) is 0 Å². The minimum absolute atomic E-state index is 0. The summed E-state index contributed by atoms with van der Waals surface area (Å²) in [7, 11) is -3.83. The van der Waals surface area contributed by atoms with Crippen molar-refractivity contribution in [3.8, 4) is 0 Å². The summed E-state index contributed by atoms with van der Waals surface area (Å²) in [6, 6.07) is 62.7. The van der Waals surface area contributed by atoms with Crippen LogP contribution >= 0.6 is 31.6 Å². The predicted molar refractivity (Wildman–Crippen MR) is 210 cm³/mol. The first kappa shape index (κ1) is 48.5. The van der Waals surface area contributed by atoms with E-state index in [9.17, 15) is 0 Å². The van der Waals surface area contributed by atoms with Crippen molar-refractivity contribution in [2.75, 3.05) is 6.66 Å². The van der Waals surface area contributed by atoms with Crippen LogP contribution in [0.4, 0.5) is 0 Å². The van der Waals surface area contributed by atoms with Gasteiger partial charge in [0.2, 0.25) is 0 Å². The molecule has 0 amide bonds. The van der Waals surface area contributed by atoms with E-state index in [-0.39, 0.29) is 30.3 Å². The summed E-state index contributed by atoms with van der Waals surface area (Å²) in [4.78, 5) is 0. The molecule has 0 aliphatic carbocycles. The van der Waals surface area contributed by atoms with E-state index in [1.165, 1.54) is 31.8 Å². The molecule has 0 saturated carbocycles. The van der Waals surface area contributed by atoms with Gasteiger partial charge in [-0.25, -0.2) is 18.6 Å². The molecule has 0 fully saturated rings. The number of halogens is 2. The van der Waals surface area contributed by atoms with Gasteiger partial charge in [0.25, 0.3) is 0 Å². The quantitative estimate of drug-likeness (QED) is 0.131. The maximum atomic E-state index is 8.49. The third-order valence-corrected chi connectivity index (χ3v) is 14.6. The zero-order chi connectivity index (χ0) is 37.8. The van der Waals surface area contributed by atoms with E-state index in [2.05, 4.69) is 152 Å². The van der Waals surface area contributed by atoms with E-state index in [1.54, 1.807) is 20.0 Å². The van der Waals surface area contributed by atoms with E-state index in [1.807, 2.05) is 72.8 Å². The van der Waals surface area contributed by atoms with Gasteiger partial charge in [-0.2, -0.15) is 41.2 Å². The van der Waals surface area contributed by atoms with Crippen LogP contribution in [-0.4, -0.2) is 6.66 Å². The van der Waals surface area contributed by atoms with Crippen molar-refractivity contribution < 1.29 is 71.2 Å². The first-order valence-electron chi connectivity index (χ1n) is 15.2. The standard InChI is InChI=1S/2C14H14P.C13H13P.2Au.ClHO4.ClH/c2*1-15(2,13-9-5-3-6-10-13)14-11-7-4-8-12-14;1-14(12-8-4-2-5-9-12)13-10-6-3-7-11-13;;;2-1(3,4)5;/h2*3-12H,1-2H2;2-11H,1H3;;;(H,2,3,4,5);1H/q2*-1;;;+1;;/p-2. The summed E-state index contributed by atoms with van der Waals surface area (Å²) >= 11 is 1.75. The smallest absolute Gasteiger partial charge is 0.112 e. The van der Waals surface area contributed by atoms with Crippen molar-refractivity contribution in [3.63, 3.8) is 0 Å². The Labute approximate surface area is 347 Å². The number of hydrogen-bond acceptors (Lipinski definition) is 4. The van der Waals surface area contributed by atoms with E-state index >= 15 is 0 Å². The molecule has 52 heavy (non-hydrogen) atoms. The van der Waals surface area contributed by atoms with E-state index in [0.29, 0.717) is 0 Å². The fourth-order valence-electron chi connectivity index (χ4n) is 4.60. The van der Waals surface area contributed by atoms with Crippen molar-refractivity contribution in [3.05, 3.63) is 209 Å². The molecule has 0 aliphatic rings. The molecule has 0 saturated heterocycles. The van der Waals surface area contributed by atoms with E-state index in [0.717, 1.165) is 0 Å². The molecule has 0 aromatic heterocycles. The molecule has 6 aromatic carbocycles. The average Bonchev–Trinajstić information content (AvgIpc) is 3.17. The molecule has 0 atom stereocenters. The van der Waals surface area contributed by atoms with Crippen LogP contribution in [0.15, 0.2) is 182 Å². The Kier molecular flexibility index (Phi) is 23.9. The third kappa shape index (κ3) is 17.8. The molecule has 0 aliphatic heterocycles. The first-order chi connectivity index (χ1) is 24.3. The zero-order valence-corrected chi connectivity index (χ0v) is 37.0. The summed E-state index contributed by atoms with van der Waals surface area (Å²) in [5.74, 6) is 0. The number of hydrogen-bond donors (Lipinski definition) is 0. The summed E-state index contributed by atoms with van der Waals surface area (Å²) in [5, 5.41) is 7.86. The van der Waals surface area contributed by atoms with E-state index in [4.69, 9.17) is 18.6 Å². The maximum absolute atomic E-state index is 8.49. The molecule has 0 bridgehead atoms. The number of benzene rings is 6. The molecular formula is C41H41Au2Cl2O4P3-3. The van der Waals surface area contributed by atoms with Gasteiger partial charge in [0.05, 0.1) is 0 Å². The van der Waals surface area contributed by atoms with Gasteiger partial charge in [-0.15, -0.1) is 10.2 Å². The second-order valence-electron chi connectivity index (χ2n) is 10.9. The molecule has 0 unspecified atom stereocenters. The Morgan fingerprint density at radius 2 is 0.577 bits per heavy atom. The Morgan fingerprint density at radius 3 is 0.750 bits per heavy atom. The van der Waals surface area contributed by atoms with Crippen LogP contribution in [-0.2, 0) is 42.4 Å². The molecule has 0 heterocycles. The Hall–Kier alpha value is -1.49. The van der Waals surface area contributed by atoms with Crippen LogP contribution in [0.25, 0.3) is 0 Å². The molecule has 6 rings (SSSR count). The summed E-state index contributed by atoms with van der Waals surface area (Å²) in [6.07, 6.45) is 0. The molecule has 11 heteroatoms. The second-order valence-corrected chi connectivity index (χ2v) is 19.7.